The average molecular weight is 340 g/mol. The summed E-state index contributed by atoms with van der Waals surface area (Å²) in [4.78, 5) is 18.5. The van der Waals surface area contributed by atoms with Gasteiger partial charge in [0.15, 0.2) is 0 Å². The van der Waals surface area contributed by atoms with E-state index in [1.807, 2.05) is 24.4 Å². The van der Waals surface area contributed by atoms with Gasteiger partial charge in [-0.3, -0.25) is 15.0 Å². The molecule has 1 aromatic carbocycles. The first-order valence-corrected chi connectivity index (χ1v) is 8.36. The number of para-hydroxylation sites is 1. The highest BCUT2D eigenvalue weighted by atomic mass is 16.6. The Labute approximate surface area is 145 Å². The van der Waals surface area contributed by atoms with E-state index in [2.05, 4.69) is 27.9 Å². The van der Waals surface area contributed by atoms with Gasteiger partial charge in [0.25, 0.3) is 0 Å². The lowest BCUT2D eigenvalue weighted by atomic mass is 10.0. The van der Waals surface area contributed by atoms with Crippen LogP contribution < -0.4 is 0 Å². The Morgan fingerprint density at radius 1 is 1.16 bits per heavy atom. The molecule has 1 N–H and O–H groups in total. The normalized spacial score (nSPS) is 17.8. The van der Waals surface area contributed by atoms with Crippen molar-refractivity contribution in [1.29, 1.82) is 0 Å². The molecule has 25 heavy (non-hydrogen) atoms. The summed E-state index contributed by atoms with van der Waals surface area (Å²) in [7, 11) is 2.11. The zero-order valence-corrected chi connectivity index (χ0v) is 14.0. The van der Waals surface area contributed by atoms with Crippen molar-refractivity contribution in [3.8, 4) is 0 Å². The van der Waals surface area contributed by atoms with Crippen LogP contribution in [0.15, 0.2) is 47.0 Å². The summed E-state index contributed by atoms with van der Waals surface area (Å²) in [6, 6.07) is 11.1. The van der Waals surface area contributed by atoms with E-state index >= 15 is 0 Å². The molecule has 1 unspecified atom stereocenters. The Hall–Kier alpha value is -2.64. The van der Waals surface area contributed by atoms with Crippen LogP contribution in [0.4, 0.5) is 5.88 Å². The third kappa shape index (κ3) is 2.92. The van der Waals surface area contributed by atoms with Gasteiger partial charge in [0, 0.05) is 48.8 Å². The zero-order valence-electron chi connectivity index (χ0n) is 14.0. The molecule has 7 nitrogen and oxygen atoms in total. The van der Waals surface area contributed by atoms with E-state index in [9.17, 15) is 10.1 Å². The highest BCUT2D eigenvalue weighted by Crippen LogP contribution is 2.36. The fraction of sp³-hybridized carbons (Fsp3) is 0.333. The van der Waals surface area contributed by atoms with Crippen LogP contribution in [0.5, 0.6) is 0 Å². The van der Waals surface area contributed by atoms with Crippen LogP contribution >= 0.6 is 0 Å². The molecule has 2 aromatic heterocycles. The van der Waals surface area contributed by atoms with Crippen molar-refractivity contribution in [2.75, 3.05) is 33.2 Å². The van der Waals surface area contributed by atoms with Crippen LogP contribution in [-0.2, 0) is 0 Å². The number of piperazine rings is 1. The summed E-state index contributed by atoms with van der Waals surface area (Å²) in [5.74, 6) is 0.398. The van der Waals surface area contributed by atoms with Crippen LogP contribution in [0.1, 0.15) is 17.4 Å². The highest BCUT2D eigenvalue weighted by Gasteiger charge is 2.31. The molecule has 1 saturated heterocycles. The van der Waals surface area contributed by atoms with Gasteiger partial charge in [0.05, 0.1) is 12.1 Å². The molecule has 1 aliphatic rings. The third-order valence-electron chi connectivity index (χ3n) is 4.88. The van der Waals surface area contributed by atoms with Gasteiger partial charge >= 0.3 is 5.88 Å². The maximum Gasteiger partial charge on any atom is 0.433 e. The first-order valence-electron chi connectivity index (χ1n) is 8.36. The molecule has 1 aliphatic heterocycles. The Bertz CT molecular complexity index is 893. The first-order chi connectivity index (χ1) is 12.1. The number of hydrogen-bond acceptors (Lipinski definition) is 5. The van der Waals surface area contributed by atoms with E-state index in [1.54, 1.807) is 6.07 Å². The van der Waals surface area contributed by atoms with Crippen LogP contribution in [0.3, 0.4) is 0 Å². The summed E-state index contributed by atoms with van der Waals surface area (Å²) in [5.41, 5.74) is 2.14. The van der Waals surface area contributed by atoms with Gasteiger partial charge in [-0.05, 0) is 19.2 Å². The summed E-state index contributed by atoms with van der Waals surface area (Å²) in [6.45, 7) is 3.69. The smallest absolute Gasteiger partial charge is 0.404 e. The molecule has 0 saturated carbocycles. The maximum absolute atomic E-state index is 11.0. The molecule has 1 atom stereocenters. The Kier molecular flexibility index (Phi) is 4.03. The number of fused-ring (bicyclic) bond motifs is 1. The van der Waals surface area contributed by atoms with Crippen LogP contribution in [0.2, 0.25) is 0 Å². The van der Waals surface area contributed by atoms with E-state index in [0.717, 1.165) is 42.6 Å². The molecule has 4 rings (SSSR count). The second-order valence-corrected chi connectivity index (χ2v) is 6.46. The number of H-pyrrole nitrogens is 1. The maximum atomic E-state index is 11.0. The quantitative estimate of drug-likeness (QED) is 0.583. The molecular weight excluding hydrogens is 320 g/mol. The van der Waals surface area contributed by atoms with Gasteiger partial charge < -0.3 is 14.3 Å². The highest BCUT2D eigenvalue weighted by molar-refractivity contribution is 5.84. The number of benzene rings is 1. The molecular formula is C18H20N4O3. The summed E-state index contributed by atoms with van der Waals surface area (Å²) in [6.07, 6.45) is 1.99. The number of nitrogens with zero attached hydrogens (tertiary/aromatic N) is 3. The standard InChI is InChI=1S/C18H20N4O3/c1-20-8-10-21(11-9-20)18(16-6-7-17(25-16)22(23)24)14-12-19-15-5-3-2-4-13(14)15/h2-7,12,18-19H,8-11H2,1H3. The number of nitro groups is 1. The summed E-state index contributed by atoms with van der Waals surface area (Å²) in [5, 5.41) is 12.2. The largest absolute Gasteiger partial charge is 0.433 e. The molecule has 3 heterocycles. The SMILES string of the molecule is CN1CCN(C(c2ccc([N+](=O)[O-])o2)c2c[nH]c3ccccc23)CC1. The number of rotatable bonds is 4. The molecule has 0 radical (unpaired) electrons. The fourth-order valence-corrected chi connectivity index (χ4v) is 3.52. The van der Waals surface area contributed by atoms with Gasteiger partial charge in [-0.15, -0.1) is 0 Å². The lowest BCUT2D eigenvalue weighted by molar-refractivity contribution is -0.402. The molecule has 0 bridgehead atoms. The second kappa shape index (κ2) is 6.34. The average Bonchev–Trinajstić information content (AvgIpc) is 3.25. The van der Waals surface area contributed by atoms with E-state index in [4.69, 9.17) is 4.42 Å². The lowest BCUT2D eigenvalue weighted by Gasteiger charge is -2.37. The molecule has 3 aromatic rings. The molecule has 7 heteroatoms. The Morgan fingerprint density at radius 3 is 2.64 bits per heavy atom. The van der Waals surface area contributed by atoms with Crippen molar-refractivity contribution in [2.45, 2.75) is 6.04 Å². The molecule has 0 amide bonds. The zero-order chi connectivity index (χ0) is 17.4. The Balaban J connectivity index is 1.79. The third-order valence-corrected chi connectivity index (χ3v) is 4.88. The molecule has 0 spiro atoms. The lowest BCUT2D eigenvalue weighted by Crippen LogP contribution is -2.46. The van der Waals surface area contributed by atoms with Gasteiger partial charge in [-0.25, -0.2) is 0 Å². The number of furan rings is 1. The molecule has 1 fully saturated rings. The minimum atomic E-state index is -0.486. The number of aromatic nitrogens is 1. The van der Waals surface area contributed by atoms with Crippen molar-refractivity contribution in [2.24, 2.45) is 0 Å². The summed E-state index contributed by atoms with van der Waals surface area (Å²) < 4.78 is 5.59. The minimum Gasteiger partial charge on any atom is -0.404 e. The van der Waals surface area contributed by atoms with E-state index < -0.39 is 4.92 Å². The van der Waals surface area contributed by atoms with Crippen molar-refractivity contribution >= 4 is 16.8 Å². The Morgan fingerprint density at radius 2 is 1.92 bits per heavy atom. The monoisotopic (exact) mass is 340 g/mol. The molecule has 130 valence electrons. The van der Waals surface area contributed by atoms with Crippen molar-refractivity contribution < 1.29 is 9.34 Å². The van der Waals surface area contributed by atoms with E-state index in [1.165, 1.54) is 6.07 Å². The van der Waals surface area contributed by atoms with Gasteiger partial charge in [-0.2, -0.15) is 0 Å². The number of likely N-dealkylation sites (N-methyl/N-ethyl adjacent to an activating group) is 1. The van der Waals surface area contributed by atoms with Crippen LogP contribution in [0, 0.1) is 10.1 Å². The predicted molar refractivity (Wildman–Crippen MR) is 94.6 cm³/mol. The minimum absolute atomic E-state index is 0.140. The fourth-order valence-electron chi connectivity index (χ4n) is 3.52. The van der Waals surface area contributed by atoms with E-state index in [0.29, 0.717) is 5.76 Å². The number of hydrogen-bond donors (Lipinski definition) is 1. The van der Waals surface area contributed by atoms with Crippen molar-refractivity contribution in [3.63, 3.8) is 0 Å². The van der Waals surface area contributed by atoms with Crippen molar-refractivity contribution in [1.82, 2.24) is 14.8 Å². The first kappa shape index (κ1) is 15.9. The van der Waals surface area contributed by atoms with Gasteiger partial charge in [0.2, 0.25) is 0 Å². The topological polar surface area (TPSA) is 78.6 Å². The summed E-state index contributed by atoms with van der Waals surface area (Å²) >= 11 is 0. The van der Waals surface area contributed by atoms with Crippen LogP contribution in [0.25, 0.3) is 10.9 Å². The van der Waals surface area contributed by atoms with Gasteiger partial charge in [0.1, 0.15) is 10.7 Å². The predicted octanol–water partition coefficient (Wildman–Crippen LogP) is 3.01. The number of nitrogens with one attached hydrogen (secondary N) is 1. The number of aromatic amines is 1. The second-order valence-electron chi connectivity index (χ2n) is 6.46. The van der Waals surface area contributed by atoms with Gasteiger partial charge in [-0.1, -0.05) is 18.2 Å². The van der Waals surface area contributed by atoms with E-state index in [-0.39, 0.29) is 11.9 Å². The van der Waals surface area contributed by atoms with Crippen molar-refractivity contribution in [3.05, 3.63) is 64.0 Å². The van der Waals surface area contributed by atoms with Crippen LogP contribution in [-0.4, -0.2) is 52.9 Å². The molecule has 0 aliphatic carbocycles.